The van der Waals surface area contributed by atoms with Crippen molar-refractivity contribution in [3.05, 3.63) is 62.8 Å². The van der Waals surface area contributed by atoms with Gasteiger partial charge < -0.3 is 10.6 Å². The lowest BCUT2D eigenvalue weighted by Gasteiger charge is -2.11. The van der Waals surface area contributed by atoms with Gasteiger partial charge in [0.15, 0.2) is 0 Å². The molecule has 0 unspecified atom stereocenters. The van der Waals surface area contributed by atoms with Gasteiger partial charge in [0, 0.05) is 37.0 Å². The van der Waals surface area contributed by atoms with Gasteiger partial charge in [-0.2, -0.15) is 13.2 Å². The summed E-state index contributed by atoms with van der Waals surface area (Å²) in [6.45, 7) is 0.297. The SMILES string of the molecule is O=C(NCCNc1ncc(C(F)(F)F)cc1Cl)c1ccc([N+](=O)[O-])cc1. The smallest absolute Gasteiger partial charge is 0.367 e. The zero-order valence-electron chi connectivity index (χ0n) is 13.0. The fourth-order valence-electron chi connectivity index (χ4n) is 1.92. The van der Waals surface area contributed by atoms with Gasteiger partial charge in [-0.05, 0) is 18.2 Å². The number of amides is 1. The van der Waals surface area contributed by atoms with Crippen molar-refractivity contribution < 1.29 is 22.9 Å². The van der Waals surface area contributed by atoms with Gasteiger partial charge in [0.25, 0.3) is 11.6 Å². The number of nitrogens with zero attached hydrogens (tertiary/aromatic N) is 2. The number of alkyl halides is 3. The Hall–Kier alpha value is -2.88. The van der Waals surface area contributed by atoms with Crippen LogP contribution >= 0.6 is 11.6 Å². The molecule has 0 aliphatic carbocycles. The van der Waals surface area contributed by atoms with Gasteiger partial charge in [-0.1, -0.05) is 11.6 Å². The third kappa shape index (κ3) is 5.06. The Morgan fingerprint density at radius 1 is 1.23 bits per heavy atom. The standard InChI is InChI=1S/C15H12ClF3N4O3/c16-12-7-10(15(17,18)19)8-22-13(12)20-5-6-21-14(24)9-1-3-11(4-2-9)23(25)26/h1-4,7-8H,5-6H2,(H,20,22)(H,21,24). The van der Waals surface area contributed by atoms with Gasteiger partial charge in [0.1, 0.15) is 5.82 Å². The Labute approximate surface area is 150 Å². The molecule has 26 heavy (non-hydrogen) atoms. The molecule has 0 saturated carbocycles. The molecule has 0 aliphatic heterocycles. The fourth-order valence-corrected chi connectivity index (χ4v) is 2.15. The first-order valence-corrected chi connectivity index (χ1v) is 7.55. The minimum atomic E-state index is -4.53. The second kappa shape index (κ2) is 8.00. The highest BCUT2D eigenvalue weighted by atomic mass is 35.5. The van der Waals surface area contributed by atoms with E-state index in [4.69, 9.17) is 11.6 Å². The van der Waals surface area contributed by atoms with Gasteiger partial charge in [-0.25, -0.2) is 4.98 Å². The highest BCUT2D eigenvalue weighted by molar-refractivity contribution is 6.32. The lowest BCUT2D eigenvalue weighted by atomic mass is 10.2. The number of non-ortho nitro benzene ring substituents is 1. The third-order valence-corrected chi connectivity index (χ3v) is 3.50. The van der Waals surface area contributed by atoms with Crippen molar-refractivity contribution in [3.8, 4) is 0 Å². The van der Waals surface area contributed by atoms with Crippen molar-refractivity contribution in [2.75, 3.05) is 18.4 Å². The molecule has 0 spiro atoms. The van der Waals surface area contributed by atoms with Crippen LogP contribution in [-0.4, -0.2) is 28.9 Å². The average Bonchev–Trinajstić information content (AvgIpc) is 2.58. The van der Waals surface area contributed by atoms with Crippen LogP contribution in [0.1, 0.15) is 15.9 Å². The highest BCUT2D eigenvalue weighted by Crippen LogP contribution is 2.32. The van der Waals surface area contributed by atoms with Crippen molar-refractivity contribution in [2.45, 2.75) is 6.18 Å². The van der Waals surface area contributed by atoms with E-state index >= 15 is 0 Å². The van der Waals surface area contributed by atoms with Gasteiger partial charge in [-0.15, -0.1) is 0 Å². The molecule has 138 valence electrons. The monoisotopic (exact) mass is 388 g/mol. The number of nitrogens with one attached hydrogen (secondary N) is 2. The Morgan fingerprint density at radius 3 is 2.42 bits per heavy atom. The van der Waals surface area contributed by atoms with Crippen LogP contribution < -0.4 is 10.6 Å². The minimum Gasteiger partial charge on any atom is -0.367 e. The molecule has 0 fully saturated rings. The molecule has 0 atom stereocenters. The average molecular weight is 389 g/mol. The van der Waals surface area contributed by atoms with Crippen molar-refractivity contribution in [3.63, 3.8) is 0 Å². The minimum absolute atomic E-state index is 0.0595. The van der Waals surface area contributed by atoms with Crippen LogP contribution in [-0.2, 0) is 6.18 Å². The topological polar surface area (TPSA) is 97.2 Å². The number of rotatable bonds is 6. The fraction of sp³-hybridized carbons (Fsp3) is 0.200. The number of nitro groups is 1. The summed E-state index contributed by atoms with van der Waals surface area (Å²) in [7, 11) is 0. The number of aromatic nitrogens is 1. The molecule has 0 aliphatic rings. The number of hydrogen-bond acceptors (Lipinski definition) is 5. The van der Waals surface area contributed by atoms with E-state index < -0.39 is 22.6 Å². The van der Waals surface area contributed by atoms with E-state index in [0.29, 0.717) is 6.20 Å². The lowest BCUT2D eigenvalue weighted by Crippen LogP contribution is -2.28. The zero-order valence-corrected chi connectivity index (χ0v) is 13.8. The van der Waals surface area contributed by atoms with Crippen molar-refractivity contribution in [1.29, 1.82) is 0 Å². The maximum Gasteiger partial charge on any atom is 0.417 e. The molecule has 1 aromatic heterocycles. The number of nitro benzene ring substituents is 1. The maximum atomic E-state index is 12.5. The lowest BCUT2D eigenvalue weighted by molar-refractivity contribution is -0.384. The molecule has 2 rings (SSSR count). The predicted molar refractivity (Wildman–Crippen MR) is 88.2 cm³/mol. The third-order valence-electron chi connectivity index (χ3n) is 3.21. The summed E-state index contributed by atoms with van der Waals surface area (Å²) >= 11 is 5.75. The summed E-state index contributed by atoms with van der Waals surface area (Å²) in [6, 6.07) is 5.80. The molecule has 2 N–H and O–H groups in total. The van der Waals surface area contributed by atoms with Gasteiger partial charge in [0.2, 0.25) is 0 Å². The number of pyridine rings is 1. The second-order valence-corrected chi connectivity index (χ2v) is 5.45. The van der Waals surface area contributed by atoms with Crippen LogP contribution in [0.5, 0.6) is 0 Å². The summed E-state index contributed by atoms with van der Waals surface area (Å²) in [5.74, 6) is -0.391. The Balaban J connectivity index is 1.85. The molecule has 0 saturated heterocycles. The molecule has 11 heteroatoms. The van der Waals surface area contributed by atoms with Crippen molar-refractivity contribution in [2.24, 2.45) is 0 Å². The normalized spacial score (nSPS) is 11.1. The first-order valence-electron chi connectivity index (χ1n) is 7.18. The molecule has 0 bridgehead atoms. The van der Waals surface area contributed by atoms with Crippen LogP contribution in [0.15, 0.2) is 36.5 Å². The summed E-state index contributed by atoms with van der Waals surface area (Å²) < 4.78 is 37.6. The van der Waals surface area contributed by atoms with Crippen LogP contribution in [0.3, 0.4) is 0 Å². The van der Waals surface area contributed by atoms with E-state index in [1.807, 2.05) is 0 Å². The summed E-state index contributed by atoms with van der Waals surface area (Å²) in [4.78, 5) is 25.5. The summed E-state index contributed by atoms with van der Waals surface area (Å²) in [5, 5.41) is 15.6. The molecule has 1 aromatic carbocycles. The second-order valence-electron chi connectivity index (χ2n) is 5.04. The molecule has 1 amide bonds. The molecular formula is C15H12ClF3N4O3. The van der Waals surface area contributed by atoms with Crippen LogP contribution in [0, 0.1) is 10.1 Å². The van der Waals surface area contributed by atoms with E-state index in [1.165, 1.54) is 24.3 Å². The molecule has 7 nitrogen and oxygen atoms in total. The Bertz CT molecular complexity index is 813. The maximum absolute atomic E-state index is 12.5. The number of carbonyl (C=O) groups excluding carboxylic acids is 1. The number of benzene rings is 1. The van der Waals surface area contributed by atoms with Crippen LogP contribution in [0.2, 0.25) is 5.02 Å². The van der Waals surface area contributed by atoms with E-state index in [-0.39, 0.29) is 35.2 Å². The number of halogens is 4. The number of hydrogen-bond donors (Lipinski definition) is 2. The van der Waals surface area contributed by atoms with Crippen LogP contribution in [0.4, 0.5) is 24.7 Å². The quantitative estimate of drug-likeness (QED) is 0.448. The molecule has 0 radical (unpaired) electrons. The van der Waals surface area contributed by atoms with E-state index in [1.54, 1.807) is 0 Å². The molecule has 1 heterocycles. The number of anilines is 1. The molecule has 2 aromatic rings. The van der Waals surface area contributed by atoms with Crippen molar-refractivity contribution in [1.82, 2.24) is 10.3 Å². The van der Waals surface area contributed by atoms with Crippen LogP contribution in [0.25, 0.3) is 0 Å². The van der Waals surface area contributed by atoms with E-state index in [9.17, 15) is 28.1 Å². The van der Waals surface area contributed by atoms with Gasteiger partial charge in [0.05, 0.1) is 15.5 Å². The van der Waals surface area contributed by atoms with E-state index in [2.05, 4.69) is 15.6 Å². The summed E-state index contributed by atoms with van der Waals surface area (Å²) in [5.41, 5.74) is -0.855. The van der Waals surface area contributed by atoms with Crippen molar-refractivity contribution >= 4 is 29.0 Å². The largest absolute Gasteiger partial charge is 0.417 e. The van der Waals surface area contributed by atoms with E-state index in [0.717, 1.165) is 6.07 Å². The first kappa shape index (κ1) is 19.4. The van der Waals surface area contributed by atoms with Gasteiger partial charge >= 0.3 is 6.18 Å². The number of carbonyl (C=O) groups is 1. The highest BCUT2D eigenvalue weighted by Gasteiger charge is 2.31. The predicted octanol–water partition coefficient (Wildman–Crippen LogP) is 3.50. The van der Waals surface area contributed by atoms with Gasteiger partial charge in [-0.3, -0.25) is 14.9 Å². The zero-order chi connectivity index (χ0) is 19.3. The first-order chi connectivity index (χ1) is 12.2. The Kier molecular flexibility index (Phi) is 5.98. The Morgan fingerprint density at radius 2 is 1.88 bits per heavy atom. The summed E-state index contributed by atoms with van der Waals surface area (Å²) in [6.07, 6.45) is -3.88. The molecular weight excluding hydrogens is 377 g/mol.